The van der Waals surface area contributed by atoms with E-state index in [0.29, 0.717) is 25.3 Å². The van der Waals surface area contributed by atoms with Gasteiger partial charge in [-0.25, -0.2) is 0 Å². The average molecular weight is 362 g/mol. The Hall–Kier alpha value is -2.37. The maximum Gasteiger partial charge on any atom is 0.307 e. The van der Waals surface area contributed by atoms with Crippen LogP contribution in [0.4, 0.5) is 0 Å². The van der Waals surface area contributed by atoms with Gasteiger partial charge in [0.25, 0.3) is 5.91 Å². The number of benzene rings is 1. The lowest BCUT2D eigenvalue weighted by Gasteiger charge is -2.23. The number of carbonyl (C=O) groups excluding carboxylic acids is 3. The monoisotopic (exact) mass is 362 g/mol. The maximum atomic E-state index is 12.8. The first-order chi connectivity index (χ1) is 12.1. The number of esters is 1. The summed E-state index contributed by atoms with van der Waals surface area (Å²) in [5.74, 6) is -0.662. The molecule has 0 unspecified atom stereocenters. The number of carbonyl (C=O) groups is 3. The number of nitrogens with zero attached hydrogens (tertiary/aromatic N) is 1. The van der Waals surface area contributed by atoms with Crippen molar-refractivity contribution in [2.24, 2.45) is 0 Å². The molecule has 1 aromatic rings. The van der Waals surface area contributed by atoms with Gasteiger partial charge >= 0.3 is 5.97 Å². The van der Waals surface area contributed by atoms with Crippen LogP contribution < -0.4 is 5.32 Å². The van der Waals surface area contributed by atoms with Gasteiger partial charge in [0.05, 0.1) is 13.0 Å². The molecule has 2 amide bonds. The number of nitrogens with one attached hydrogen (secondary N) is 1. The Morgan fingerprint density at radius 3 is 2.19 bits per heavy atom. The highest BCUT2D eigenvalue weighted by molar-refractivity contribution is 5.94. The van der Waals surface area contributed by atoms with Crippen LogP contribution in [0, 0.1) is 0 Å². The quantitative estimate of drug-likeness (QED) is 0.721. The molecule has 0 atom stereocenters. The van der Waals surface area contributed by atoms with Crippen molar-refractivity contribution in [3.63, 3.8) is 0 Å². The Bertz CT molecular complexity index is 618. The van der Waals surface area contributed by atoms with E-state index in [4.69, 9.17) is 4.74 Å². The Morgan fingerprint density at radius 2 is 1.69 bits per heavy atom. The molecule has 0 saturated heterocycles. The normalized spacial score (nSPS) is 11.0. The predicted molar refractivity (Wildman–Crippen MR) is 101 cm³/mol. The first kappa shape index (κ1) is 21.7. The molecule has 6 heteroatoms. The van der Waals surface area contributed by atoms with Crippen molar-refractivity contribution in [1.29, 1.82) is 0 Å². The molecular weight excluding hydrogens is 332 g/mol. The third-order valence-electron chi connectivity index (χ3n) is 3.93. The zero-order valence-electron chi connectivity index (χ0n) is 16.4. The van der Waals surface area contributed by atoms with E-state index in [1.165, 1.54) is 6.92 Å². The van der Waals surface area contributed by atoms with Crippen LogP contribution in [0.5, 0.6) is 0 Å². The Balaban J connectivity index is 2.83. The average Bonchev–Trinajstić information content (AvgIpc) is 2.56. The molecule has 1 N–H and O–H groups in total. The molecule has 26 heavy (non-hydrogen) atoms. The summed E-state index contributed by atoms with van der Waals surface area (Å²) < 4.78 is 4.93. The molecule has 0 aliphatic heterocycles. The van der Waals surface area contributed by atoms with Gasteiger partial charge in [-0.3, -0.25) is 14.4 Å². The van der Waals surface area contributed by atoms with Crippen LogP contribution in [-0.4, -0.2) is 48.9 Å². The van der Waals surface area contributed by atoms with Gasteiger partial charge in [0.2, 0.25) is 5.91 Å². The standard InChI is InChI=1S/C20H30N2O4/c1-6-26-18(24)11-13-22(14-12-21-15(2)23)19(25)16-7-9-17(10-8-16)20(3,4)5/h7-10H,6,11-14H2,1-5H3,(H,21,23). The summed E-state index contributed by atoms with van der Waals surface area (Å²) in [6.45, 7) is 10.7. The van der Waals surface area contributed by atoms with Crippen LogP contribution in [0.2, 0.25) is 0 Å². The van der Waals surface area contributed by atoms with E-state index >= 15 is 0 Å². The summed E-state index contributed by atoms with van der Waals surface area (Å²) in [4.78, 5) is 37.1. The molecule has 0 spiro atoms. The van der Waals surface area contributed by atoms with Crippen LogP contribution >= 0.6 is 0 Å². The number of ether oxygens (including phenoxy) is 1. The molecule has 0 radical (unpaired) electrons. The largest absolute Gasteiger partial charge is 0.466 e. The molecule has 0 fully saturated rings. The second kappa shape index (κ2) is 9.94. The van der Waals surface area contributed by atoms with E-state index in [-0.39, 0.29) is 36.2 Å². The van der Waals surface area contributed by atoms with Crippen molar-refractivity contribution in [2.45, 2.75) is 46.5 Å². The number of hydrogen-bond donors (Lipinski definition) is 1. The van der Waals surface area contributed by atoms with E-state index in [0.717, 1.165) is 5.56 Å². The van der Waals surface area contributed by atoms with Gasteiger partial charge in [0.1, 0.15) is 0 Å². The Morgan fingerprint density at radius 1 is 1.08 bits per heavy atom. The molecule has 0 aliphatic rings. The van der Waals surface area contributed by atoms with Gasteiger partial charge in [-0.1, -0.05) is 32.9 Å². The van der Waals surface area contributed by atoms with Crippen molar-refractivity contribution >= 4 is 17.8 Å². The fourth-order valence-electron chi connectivity index (χ4n) is 2.44. The third-order valence-corrected chi connectivity index (χ3v) is 3.93. The van der Waals surface area contributed by atoms with Crippen LogP contribution in [0.1, 0.15) is 57.0 Å². The van der Waals surface area contributed by atoms with Gasteiger partial charge in [0, 0.05) is 32.1 Å². The first-order valence-electron chi connectivity index (χ1n) is 8.95. The fraction of sp³-hybridized carbons (Fsp3) is 0.550. The maximum absolute atomic E-state index is 12.8. The van der Waals surface area contributed by atoms with E-state index in [1.54, 1.807) is 24.0 Å². The van der Waals surface area contributed by atoms with Crippen LogP contribution in [0.15, 0.2) is 24.3 Å². The molecule has 0 heterocycles. The zero-order chi connectivity index (χ0) is 19.7. The molecule has 0 aromatic heterocycles. The smallest absolute Gasteiger partial charge is 0.307 e. The van der Waals surface area contributed by atoms with Gasteiger partial charge < -0.3 is 15.0 Å². The number of amides is 2. The number of rotatable bonds is 8. The van der Waals surface area contributed by atoms with Gasteiger partial charge in [-0.2, -0.15) is 0 Å². The van der Waals surface area contributed by atoms with Crippen molar-refractivity contribution in [3.05, 3.63) is 35.4 Å². The molecule has 0 saturated carbocycles. The molecule has 1 rings (SSSR count). The topological polar surface area (TPSA) is 75.7 Å². The number of hydrogen-bond acceptors (Lipinski definition) is 4. The Kier molecular flexibility index (Phi) is 8.29. The van der Waals surface area contributed by atoms with Crippen molar-refractivity contribution in [2.75, 3.05) is 26.2 Å². The minimum Gasteiger partial charge on any atom is -0.466 e. The Labute approximate surface area is 155 Å². The second-order valence-electron chi connectivity index (χ2n) is 7.16. The van der Waals surface area contributed by atoms with E-state index in [9.17, 15) is 14.4 Å². The minimum atomic E-state index is -0.340. The van der Waals surface area contributed by atoms with E-state index in [1.807, 2.05) is 12.1 Å². The summed E-state index contributed by atoms with van der Waals surface area (Å²) in [5.41, 5.74) is 1.71. The van der Waals surface area contributed by atoms with E-state index in [2.05, 4.69) is 26.1 Å². The van der Waals surface area contributed by atoms with Crippen LogP contribution in [0.25, 0.3) is 0 Å². The lowest BCUT2D eigenvalue weighted by molar-refractivity contribution is -0.143. The van der Waals surface area contributed by atoms with Crippen LogP contribution in [0.3, 0.4) is 0 Å². The lowest BCUT2D eigenvalue weighted by atomic mass is 9.86. The molecule has 0 aliphatic carbocycles. The summed E-state index contributed by atoms with van der Waals surface area (Å²) >= 11 is 0. The first-order valence-corrected chi connectivity index (χ1v) is 8.95. The van der Waals surface area contributed by atoms with Gasteiger partial charge in [-0.15, -0.1) is 0 Å². The van der Waals surface area contributed by atoms with Crippen molar-refractivity contribution in [3.8, 4) is 0 Å². The van der Waals surface area contributed by atoms with Crippen molar-refractivity contribution in [1.82, 2.24) is 10.2 Å². The predicted octanol–water partition coefficient (Wildman–Crippen LogP) is 2.52. The fourth-order valence-corrected chi connectivity index (χ4v) is 2.44. The third kappa shape index (κ3) is 7.25. The summed E-state index contributed by atoms with van der Waals surface area (Å²) in [5, 5.41) is 2.68. The minimum absolute atomic E-state index is 0.0105. The molecular formula is C20H30N2O4. The SMILES string of the molecule is CCOC(=O)CCN(CCNC(C)=O)C(=O)c1ccc(C(C)(C)C)cc1. The van der Waals surface area contributed by atoms with Crippen molar-refractivity contribution < 1.29 is 19.1 Å². The molecule has 0 bridgehead atoms. The second-order valence-corrected chi connectivity index (χ2v) is 7.16. The van der Waals surface area contributed by atoms with Gasteiger partial charge in [-0.05, 0) is 30.0 Å². The van der Waals surface area contributed by atoms with E-state index < -0.39 is 0 Å². The summed E-state index contributed by atoms with van der Waals surface area (Å²) in [7, 11) is 0. The summed E-state index contributed by atoms with van der Waals surface area (Å²) in [6, 6.07) is 7.51. The molecule has 6 nitrogen and oxygen atoms in total. The highest BCUT2D eigenvalue weighted by atomic mass is 16.5. The highest BCUT2D eigenvalue weighted by Gasteiger charge is 2.19. The van der Waals surface area contributed by atoms with Gasteiger partial charge in [0.15, 0.2) is 0 Å². The molecule has 144 valence electrons. The lowest BCUT2D eigenvalue weighted by Crippen LogP contribution is -2.39. The van der Waals surface area contributed by atoms with Crippen LogP contribution in [-0.2, 0) is 19.7 Å². The summed E-state index contributed by atoms with van der Waals surface area (Å²) in [6.07, 6.45) is 0.125. The highest BCUT2D eigenvalue weighted by Crippen LogP contribution is 2.22. The zero-order valence-corrected chi connectivity index (χ0v) is 16.4. The molecule has 1 aromatic carbocycles.